The van der Waals surface area contributed by atoms with Gasteiger partial charge in [-0.3, -0.25) is 4.90 Å². The van der Waals surface area contributed by atoms with Gasteiger partial charge in [-0.1, -0.05) is 41.6 Å². The molecule has 0 radical (unpaired) electrons. The number of nitrogens with one attached hydrogen (secondary N) is 1. The Hall–Kier alpha value is -2.77. The van der Waals surface area contributed by atoms with Gasteiger partial charge in [-0.05, 0) is 17.0 Å². The summed E-state index contributed by atoms with van der Waals surface area (Å²) in [7, 11) is 0. The second kappa shape index (κ2) is 7.09. The predicted octanol–water partition coefficient (Wildman–Crippen LogP) is 3.74. The molecule has 0 aliphatic carbocycles. The molecule has 1 aliphatic heterocycles. The van der Waals surface area contributed by atoms with Crippen LogP contribution in [-0.4, -0.2) is 25.0 Å². The Bertz CT molecular complexity index is 1010. The first-order valence-corrected chi connectivity index (χ1v) is 9.87. The van der Waals surface area contributed by atoms with Crippen LogP contribution in [0.1, 0.15) is 39.6 Å². The van der Waals surface area contributed by atoms with Gasteiger partial charge in [-0.2, -0.15) is 4.98 Å². The molecule has 1 unspecified atom stereocenters. The zero-order valence-corrected chi connectivity index (χ0v) is 15.5. The van der Waals surface area contributed by atoms with E-state index in [0.717, 1.165) is 31.0 Å². The number of imidazole rings is 1. The summed E-state index contributed by atoms with van der Waals surface area (Å²) in [6.07, 6.45) is 3.22. The minimum atomic E-state index is 0.0416. The monoisotopic (exact) mass is 377 g/mol. The van der Waals surface area contributed by atoms with Gasteiger partial charge in [0.1, 0.15) is 0 Å². The topological polar surface area (TPSA) is 70.8 Å². The maximum atomic E-state index is 5.68. The number of hydrogen-bond acceptors (Lipinski definition) is 6. The van der Waals surface area contributed by atoms with Gasteiger partial charge in [0.2, 0.25) is 5.89 Å². The number of rotatable bonds is 5. The number of nitrogens with zero attached hydrogens (tertiary/aromatic N) is 4. The molecule has 0 amide bonds. The third-order valence-electron chi connectivity index (χ3n) is 4.91. The van der Waals surface area contributed by atoms with Crippen molar-refractivity contribution in [2.75, 3.05) is 0 Å². The van der Waals surface area contributed by atoms with E-state index >= 15 is 0 Å². The van der Waals surface area contributed by atoms with Crippen molar-refractivity contribution >= 4 is 11.3 Å². The molecule has 4 heterocycles. The lowest BCUT2D eigenvalue weighted by atomic mass is 10.0. The second-order valence-corrected chi connectivity index (χ2v) is 7.78. The molecule has 5 rings (SSSR count). The van der Waals surface area contributed by atoms with E-state index < -0.39 is 0 Å². The average molecular weight is 377 g/mol. The SMILES string of the molecule is c1ccc(Cc2noc(C3Cc4nc[nH]c4CN3Cc3cccs3)n2)cc1. The molecule has 3 aromatic heterocycles. The fourth-order valence-corrected chi connectivity index (χ4v) is 4.28. The Balaban J connectivity index is 1.41. The van der Waals surface area contributed by atoms with Crippen LogP contribution < -0.4 is 0 Å². The van der Waals surface area contributed by atoms with Gasteiger partial charge in [-0.25, -0.2) is 4.98 Å². The summed E-state index contributed by atoms with van der Waals surface area (Å²) >= 11 is 1.77. The highest BCUT2D eigenvalue weighted by Gasteiger charge is 2.33. The van der Waals surface area contributed by atoms with Crippen LogP contribution in [0.25, 0.3) is 0 Å². The Labute approximate surface area is 160 Å². The molecule has 0 fully saturated rings. The third kappa shape index (κ3) is 3.43. The predicted molar refractivity (Wildman–Crippen MR) is 102 cm³/mol. The Morgan fingerprint density at radius 3 is 2.96 bits per heavy atom. The number of H-pyrrole nitrogens is 1. The molecule has 1 aliphatic rings. The summed E-state index contributed by atoms with van der Waals surface area (Å²) < 4.78 is 5.68. The normalized spacial score (nSPS) is 17.1. The highest BCUT2D eigenvalue weighted by molar-refractivity contribution is 7.09. The standard InChI is InChI=1S/C20H19N5OS/c1-2-5-14(6-3-1)9-19-23-20(26-24-19)18-10-16-17(22-13-21-16)12-25(18)11-15-7-4-8-27-15/h1-8,13,18H,9-12H2,(H,21,22). The minimum absolute atomic E-state index is 0.0416. The second-order valence-electron chi connectivity index (χ2n) is 6.74. The molecule has 1 atom stereocenters. The lowest BCUT2D eigenvalue weighted by Gasteiger charge is -2.32. The summed E-state index contributed by atoms with van der Waals surface area (Å²) in [6.45, 7) is 1.66. The molecule has 6 nitrogen and oxygen atoms in total. The number of aromatic nitrogens is 4. The van der Waals surface area contributed by atoms with Crippen LogP contribution in [0.2, 0.25) is 0 Å². The highest BCUT2D eigenvalue weighted by atomic mass is 32.1. The van der Waals surface area contributed by atoms with E-state index in [2.05, 4.69) is 49.7 Å². The molecule has 0 saturated carbocycles. The Morgan fingerprint density at radius 2 is 2.11 bits per heavy atom. The molecule has 0 bridgehead atoms. The van der Waals surface area contributed by atoms with E-state index in [9.17, 15) is 0 Å². The summed E-state index contributed by atoms with van der Waals surface area (Å²) in [6, 6.07) is 14.5. The van der Waals surface area contributed by atoms with Crippen molar-refractivity contribution in [3.63, 3.8) is 0 Å². The zero-order chi connectivity index (χ0) is 18.1. The van der Waals surface area contributed by atoms with Crippen molar-refractivity contribution in [2.24, 2.45) is 0 Å². The Morgan fingerprint density at radius 1 is 1.19 bits per heavy atom. The maximum Gasteiger partial charge on any atom is 0.244 e. The minimum Gasteiger partial charge on any atom is -0.347 e. The first-order chi connectivity index (χ1) is 13.3. The molecule has 1 aromatic carbocycles. The summed E-state index contributed by atoms with van der Waals surface area (Å²) in [4.78, 5) is 16.1. The van der Waals surface area contributed by atoms with Crippen molar-refractivity contribution in [1.29, 1.82) is 0 Å². The number of hydrogen-bond donors (Lipinski definition) is 1. The Kier molecular flexibility index (Phi) is 4.31. The van der Waals surface area contributed by atoms with Crippen molar-refractivity contribution in [3.05, 3.63) is 87.7 Å². The van der Waals surface area contributed by atoms with Crippen molar-refractivity contribution in [1.82, 2.24) is 25.0 Å². The van der Waals surface area contributed by atoms with Gasteiger partial charge in [0.25, 0.3) is 0 Å². The van der Waals surface area contributed by atoms with Crippen molar-refractivity contribution in [3.8, 4) is 0 Å². The van der Waals surface area contributed by atoms with Gasteiger partial charge in [0, 0.05) is 30.8 Å². The van der Waals surface area contributed by atoms with Crippen molar-refractivity contribution in [2.45, 2.75) is 32.0 Å². The first-order valence-electron chi connectivity index (χ1n) is 8.99. The van der Waals surface area contributed by atoms with Crippen LogP contribution in [0.5, 0.6) is 0 Å². The molecule has 27 heavy (non-hydrogen) atoms. The van der Waals surface area contributed by atoms with E-state index in [4.69, 9.17) is 9.51 Å². The quantitative estimate of drug-likeness (QED) is 0.574. The van der Waals surface area contributed by atoms with E-state index in [1.54, 1.807) is 17.7 Å². The van der Waals surface area contributed by atoms with Crippen LogP contribution in [0, 0.1) is 0 Å². The fraction of sp³-hybridized carbons (Fsp3) is 0.250. The number of aromatic amines is 1. The largest absolute Gasteiger partial charge is 0.347 e. The maximum absolute atomic E-state index is 5.68. The number of benzene rings is 1. The van der Waals surface area contributed by atoms with E-state index in [0.29, 0.717) is 12.3 Å². The molecular formula is C20H19N5OS. The average Bonchev–Trinajstić information content (AvgIpc) is 3.43. The van der Waals surface area contributed by atoms with E-state index in [1.807, 2.05) is 18.2 Å². The van der Waals surface area contributed by atoms with Crippen LogP contribution in [0.15, 0.2) is 58.7 Å². The van der Waals surface area contributed by atoms with Crippen LogP contribution >= 0.6 is 11.3 Å². The first kappa shape index (κ1) is 16.4. The highest BCUT2D eigenvalue weighted by Crippen LogP contribution is 2.33. The number of thiophene rings is 1. The van der Waals surface area contributed by atoms with Crippen LogP contribution in [0.3, 0.4) is 0 Å². The summed E-state index contributed by atoms with van der Waals surface area (Å²) in [5, 5.41) is 6.34. The molecule has 4 aromatic rings. The van der Waals surface area contributed by atoms with Crippen LogP contribution in [0.4, 0.5) is 0 Å². The third-order valence-corrected chi connectivity index (χ3v) is 5.77. The van der Waals surface area contributed by atoms with Gasteiger partial charge in [-0.15, -0.1) is 11.3 Å². The van der Waals surface area contributed by atoms with E-state index in [-0.39, 0.29) is 6.04 Å². The van der Waals surface area contributed by atoms with Gasteiger partial charge < -0.3 is 9.51 Å². The van der Waals surface area contributed by atoms with Crippen molar-refractivity contribution < 1.29 is 4.52 Å². The molecule has 0 saturated heterocycles. The van der Waals surface area contributed by atoms with Crippen LogP contribution in [-0.2, 0) is 25.9 Å². The smallest absolute Gasteiger partial charge is 0.244 e. The van der Waals surface area contributed by atoms with E-state index in [1.165, 1.54) is 16.1 Å². The van der Waals surface area contributed by atoms with Gasteiger partial charge in [0.05, 0.1) is 23.8 Å². The lowest BCUT2D eigenvalue weighted by molar-refractivity contribution is 0.129. The lowest BCUT2D eigenvalue weighted by Crippen LogP contribution is -2.34. The summed E-state index contributed by atoms with van der Waals surface area (Å²) in [5.41, 5.74) is 3.44. The zero-order valence-electron chi connectivity index (χ0n) is 14.7. The molecule has 136 valence electrons. The van der Waals surface area contributed by atoms with Gasteiger partial charge >= 0.3 is 0 Å². The molecule has 0 spiro atoms. The molecular weight excluding hydrogens is 358 g/mol. The molecule has 1 N–H and O–H groups in total. The van der Waals surface area contributed by atoms with Gasteiger partial charge in [0.15, 0.2) is 5.82 Å². The summed E-state index contributed by atoms with van der Waals surface area (Å²) in [5.74, 6) is 1.39. The number of fused-ring (bicyclic) bond motifs is 1. The fourth-order valence-electron chi connectivity index (χ4n) is 3.55. The molecule has 7 heteroatoms.